The van der Waals surface area contributed by atoms with Gasteiger partial charge in [-0.25, -0.2) is 4.79 Å². The molecule has 7 N–H and O–H groups in total. The average molecular weight is 1210 g/mol. The molecule has 32 heteroatoms. The van der Waals surface area contributed by atoms with E-state index in [9.17, 15) is 46.9 Å². The smallest absolute Gasteiger partial charge is 0.335 e. The zero-order chi connectivity index (χ0) is 59.6. The van der Waals surface area contributed by atoms with Gasteiger partial charge in [-0.3, -0.25) is 13.9 Å². The number of carbonyl (C=O) groups excluding carboxylic acids is 1. The lowest BCUT2D eigenvalue weighted by Gasteiger charge is -2.43. The van der Waals surface area contributed by atoms with E-state index in [4.69, 9.17) is 80.2 Å². The molecule has 1 amide bonds. The summed E-state index contributed by atoms with van der Waals surface area (Å²) in [6, 6.07) is 0. The van der Waals surface area contributed by atoms with Crippen LogP contribution in [0.2, 0.25) is 0 Å². The summed E-state index contributed by atoms with van der Waals surface area (Å²) >= 11 is 0. The number of nitrogens with one attached hydrogen (secondary N) is 1. The molecule has 80 heavy (non-hydrogen) atoms. The normalized spacial score (nSPS) is 24.5. The topological polar surface area (TPSA) is 374 Å². The average Bonchev–Trinajstić information content (AvgIpc) is 3.37. The number of rotatable bonds is 49. The number of methoxy groups -OCH3 is 2. The lowest BCUT2D eigenvalue weighted by atomic mass is 9.98. The summed E-state index contributed by atoms with van der Waals surface area (Å²) in [6.07, 6.45) is -14.4. The summed E-state index contributed by atoms with van der Waals surface area (Å²) in [4.78, 5) is 25.4. The highest BCUT2D eigenvalue weighted by Crippen LogP contribution is 2.29. The van der Waals surface area contributed by atoms with Crippen molar-refractivity contribution >= 4 is 32.1 Å². The second-order valence-corrected chi connectivity index (χ2v) is 23.4. The number of quaternary nitrogens is 2. The Balaban J connectivity index is 1.64. The first-order valence-corrected chi connectivity index (χ1v) is 30.0. The molecule has 0 spiro atoms. The van der Waals surface area contributed by atoms with Crippen LogP contribution in [0.25, 0.3) is 0 Å². The summed E-state index contributed by atoms with van der Waals surface area (Å²) in [5.74, 6) is -2.62. The van der Waals surface area contributed by atoms with E-state index in [1.807, 2.05) is 28.2 Å². The van der Waals surface area contributed by atoms with Crippen molar-refractivity contribution in [3.05, 3.63) is 0 Å². The van der Waals surface area contributed by atoms with Crippen molar-refractivity contribution in [1.82, 2.24) is 5.32 Å². The third kappa shape index (κ3) is 32.9. The van der Waals surface area contributed by atoms with Crippen LogP contribution in [-0.4, -0.2) is 340 Å². The predicted molar refractivity (Wildman–Crippen MR) is 281 cm³/mol. The van der Waals surface area contributed by atoms with Crippen molar-refractivity contribution in [2.45, 2.75) is 93.7 Å². The van der Waals surface area contributed by atoms with Crippen molar-refractivity contribution < 1.29 is 136 Å². The fraction of sp³-hybridized carbons (Fsp3) is 0.958. The highest BCUT2D eigenvalue weighted by atomic mass is 32.2. The fourth-order valence-corrected chi connectivity index (χ4v) is 8.98. The second-order valence-electron chi connectivity index (χ2n) is 20.2. The molecule has 5 unspecified atom stereocenters. The third-order valence-electron chi connectivity index (χ3n) is 12.6. The molecular weight excluding hydrogens is 1110 g/mol. The van der Waals surface area contributed by atoms with Gasteiger partial charge in [0.2, 0.25) is 0 Å². The number of amides is 1. The van der Waals surface area contributed by atoms with Crippen LogP contribution in [0.4, 0.5) is 0 Å². The molecule has 11 atom stereocenters. The van der Waals surface area contributed by atoms with Crippen molar-refractivity contribution in [3.8, 4) is 0 Å². The largest absolute Gasteiger partial charge is 0.479 e. The number of aliphatic hydroxyl groups is 3. The molecule has 0 aliphatic carbocycles. The monoisotopic (exact) mass is 1210 g/mol. The van der Waals surface area contributed by atoms with Crippen molar-refractivity contribution in [3.63, 3.8) is 0 Å². The quantitative estimate of drug-likeness (QED) is 0.0179. The van der Waals surface area contributed by atoms with Crippen LogP contribution < -0.4 is 5.32 Å². The minimum atomic E-state index is -3.97. The minimum Gasteiger partial charge on any atom is -0.479 e. The molecule has 0 aromatic heterocycles. The van der Waals surface area contributed by atoms with Gasteiger partial charge in [0.1, 0.15) is 49.7 Å². The Morgan fingerprint density at radius 1 is 0.512 bits per heavy atom. The highest BCUT2D eigenvalue weighted by molar-refractivity contribution is 7.86. The summed E-state index contributed by atoms with van der Waals surface area (Å²) in [6.45, 7) is 8.88. The van der Waals surface area contributed by atoms with E-state index in [0.29, 0.717) is 114 Å². The van der Waals surface area contributed by atoms with Gasteiger partial charge >= 0.3 is 5.97 Å². The molecule has 0 aromatic carbocycles. The van der Waals surface area contributed by atoms with Gasteiger partial charge in [-0.1, -0.05) is 0 Å². The number of carboxylic acids is 1. The van der Waals surface area contributed by atoms with Crippen molar-refractivity contribution in [1.29, 1.82) is 0 Å². The highest BCUT2D eigenvalue weighted by Gasteiger charge is 2.51. The number of likely N-dealkylation sites (N-methyl/N-ethyl adjacent to an activating group) is 2. The standard InChI is InChI=1S/C48H93N3O27S2/c1-36(76-41-39(54)42(48(65-7)78-44(41)46(56)57)74-33-32-73-31-30-72-29-28-71-25-22-68-19-15-51(4,5)13-9-35-80(61,62)63)10-16-75-47-38(53)37(52)40(64-6)43(77-47)45(55)49-11-17-66-20-23-69-26-27-70-24-21-67-18-14-50(2,3)12-8-34-79(58,59)60/h36-44,47-48,52-54H,8-35H2,1-7H3,(H2-2,49,55,56,57,58,59,60,61,62,63)/p+2/t36?,37?,38-,39+,40+,41+,42?,43?,44?,47-,48-/m1/s1. The lowest BCUT2D eigenvalue weighted by molar-refractivity contribution is -0.890. The van der Waals surface area contributed by atoms with E-state index in [-0.39, 0.29) is 77.3 Å². The minimum absolute atomic E-state index is 0.0291. The van der Waals surface area contributed by atoms with E-state index in [1.54, 1.807) is 6.92 Å². The molecule has 0 bridgehead atoms. The van der Waals surface area contributed by atoms with E-state index in [0.717, 1.165) is 0 Å². The Labute approximate surface area is 471 Å². The molecule has 474 valence electrons. The number of hydrogen-bond donors (Lipinski definition) is 7. The first-order valence-electron chi connectivity index (χ1n) is 26.8. The van der Waals surface area contributed by atoms with E-state index in [2.05, 4.69) is 5.32 Å². The van der Waals surface area contributed by atoms with Gasteiger partial charge in [0.15, 0.2) is 24.8 Å². The van der Waals surface area contributed by atoms with Gasteiger partial charge in [0.25, 0.3) is 26.1 Å². The van der Waals surface area contributed by atoms with Crippen LogP contribution in [0.1, 0.15) is 26.2 Å². The predicted octanol–water partition coefficient (Wildman–Crippen LogP) is -3.21. The number of aliphatic carboxylic acids is 1. The Hall–Kier alpha value is -2.04. The molecule has 0 radical (unpaired) electrons. The Morgan fingerprint density at radius 3 is 1.36 bits per heavy atom. The first kappa shape index (κ1) is 74.1. The maximum Gasteiger partial charge on any atom is 0.335 e. The van der Waals surface area contributed by atoms with Crippen LogP contribution in [0.3, 0.4) is 0 Å². The Kier molecular flexibility index (Phi) is 37.3. The molecule has 2 fully saturated rings. The van der Waals surface area contributed by atoms with E-state index >= 15 is 0 Å². The third-order valence-corrected chi connectivity index (χ3v) is 14.2. The van der Waals surface area contributed by atoms with Crippen LogP contribution in [0, 0.1) is 0 Å². The molecule has 30 nitrogen and oxygen atoms in total. The number of carbonyl (C=O) groups is 2. The summed E-state index contributed by atoms with van der Waals surface area (Å²) in [5.41, 5.74) is 0. The van der Waals surface area contributed by atoms with Crippen LogP contribution in [0.5, 0.6) is 0 Å². The fourth-order valence-electron chi connectivity index (χ4n) is 7.99. The lowest BCUT2D eigenvalue weighted by Crippen LogP contribution is -2.63. The SMILES string of the molecule is CO[C@@H]1OC(C(=O)O)[C@@H](OC(C)CCO[C@@H]2OC(C(=O)NCCOCCOCCOCCOCC[N+](C)(C)CCCS(=O)(=O)O)[C@@H](OC)C(O)[C@H]2O)[C@H](O)C1OCCOCCOCCOCCOCC[N+](C)(C)CCCS(=O)(=O)O. The maximum absolute atomic E-state index is 13.2. The van der Waals surface area contributed by atoms with Gasteiger partial charge in [0, 0.05) is 33.6 Å². The van der Waals surface area contributed by atoms with E-state index < -0.39 is 99.6 Å². The molecule has 2 heterocycles. The van der Waals surface area contributed by atoms with Crippen molar-refractivity contribution in [2.75, 3.05) is 206 Å². The number of hydrogen-bond acceptors (Lipinski definition) is 24. The molecule has 2 saturated heterocycles. The molecule has 2 rings (SSSR count). The number of ether oxygens (including phenoxy) is 15. The zero-order valence-electron chi connectivity index (χ0n) is 47.6. The summed E-state index contributed by atoms with van der Waals surface area (Å²) in [5, 5.41) is 45.6. The molecule has 2 aliphatic rings. The van der Waals surface area contributed by atoms with Crippen LogP contribution in [-0.2, 0) is 101 Å². The Bertz CT molecular complexity index is 1880. The van der Waals surface area contributed by atoms with Gasteiger partial charge in [-0.15, -0.1) is 0 Å². The molecular formula is C48H95N3O27S2+2. The molecule has 0 saturated carbocycles. The number of aliphatic hydroxyl groups excluding tert-OH is 3. The summed E-state index contributed by atoms with van der Waals surface area (Å²) in [7, 11) is 2.39. The molecule has 0 aromatic rings. The van der Waals surface area contributed by atoms with Gasteiger partial charge in [-0.2, -0.15) is 16.8 Å². The van der Waals surface area contributed by atoms with Gasteiger partial charge < -0.3 is 106 Å². The van der Waals surface area contributed by atoms with Crippen LogP contribution >= 0.6 is 0 Å². The zero-order valence-corrected chi connectivity index (χ0v) is 49.3. The first-order chi connectivity index (χ1) is 37.8. The number of carboxylic acid groups (broad SMARTS) is 1. The van der Waals surface area contributed by atoms with E-state index in [1.165, 1.54) is 14.2 Å². The summed E-state index contributed by atoms with van der Waals surface area (Å²) < 4.78 is 146. The number of nitrogens with zero attached hydrogens (tertiary/aromatic N) is 2. The van der Waals surface area contributed by atoms with Gasteiger partial charge in [0.05, 0.1) is 178 Å². The Morgan fingerprint density at radius 2 is 0.938 bits per heavy atom. The van der Waals surface area contributed by atoms with Gasteiger partial charge in [-0.05, 0) is 13.3 Å². The van der Waals surface area contributed by atoms with Crippen molar-refractivity contribution in [2.24, 2.45) is 0 Å². The second kappa shape index (κ2) is 40.3. The maximum atomic E-state index is 13.2. The molecule has 2 aliphatic heterocycles. The van der Waals surface area contributed by atoms with Crippen LogP contribution in [0.15, 0.2) is 0 Å².